The van der Waals surface area contributed by atoms with Crippen LogP contribution in [0.15, 0.2) is 35.3 Å². The average molecular weight is 258 g/mol. The predicted molar refractivity (Wildman–Crippen MR) is 70.5 cm³/mol. The number of carbonyl (C=O) groups is 1. The van der Waals surface area contributed by atoms with Crippen LogP contribution in [0, 0.1) is 13.8 Å². The summed E-state index contributed by atoms with van der Waals surface area (Å²) in [5.74, 6) is -1.04. The maximum absolute atomic E-state index is 11.3. The Bertz CT molecular complexity index is 646. The van der Waals surface area contributed by atoms with Crippen LogP contribution in [0.25, 0.3) is 0 Å². The van der Waals surface area contributed by atoms with Gasteiger partial charge >= 0.3 is 5.97 Å². The first kappa shape index (κ1) is 13.0. The summed E-state index contributed by atoms with van der Waals surface area (Å²) in [6.45, 7) is 4.30. The maximum atomic E-state index is 11.3. The first-order valence-corrected chi connectivity index (χ1v) is 5.83. The van der Waals surface area contributed by atoms with Gasteiger partial charge in [0.1, 0.15) is 5.69 Å². The Morgan fingerprint density at radius 3 is 2.37 bits per heavy atom. The van der Waals surface area contributed by atoms with Crippen molar-refractivity contribution in [3.8, 4) is 0 Å². The predicted octanol–water partition coefficient (Wildman–Crippen LogP) is 1.61. The monoisotopic (exact) mass is 258 g/mol. The van der Waals surface area contributed by atoms with Crippen molar-refractivity contribution in [1.82, 2.24) is 9.55 Å². The molecule has 98 valence electrons. The van der Waals surface area contributed by atoms with E-state index in [9.17, 15) is 9.59 Å². The number of hydrogen-bond donors (Lipinski definition) is 1. The minimum atomic E-state index is -1.04. The van der Waals surface area contributed by atoms with Gasteiger partial charge in [0.2, 0.25) is 0 Å². The molecule has 5 nitrogen and oxygen atoms in total. The van der Waals surface area contributed by atoms with E-state index in [0.29, 0.717) is 6.54 Å². The van der Waals surface area contributed by atoms with Crippen molar-refractivity contribution in [2.45, 2.75) is 20.4 Å². The van der Waals surface area contributed by atoms with Gasteiger partial charge in [0.05, 0.1) is 0 Å². The molecule has 2 rings (SSSR count). The van der Waals surface area contributed by atoms with Crippen LogP contribution >= 0.6 is 0 Å². The lowest BCUT2D eigenvalue weighted by Gasteiger charge is -2.14. The van der Waals surface area contributed by atoms with Gasteiger partial charge in [0.15, 0.2) is 5.43 Å². The second-order valence-corrected chi connectivity index (χ2v) is 4.42. The summed E-state index contributed by atoms with van der Waals surface area (Å²) in [6.07, 6.45) is 1.54. The smallest absolute Gasteiger partial charge is 0.354 e. The number of hydrogen-bond acceptors (Lipinski definition) is 3. The van der Waals surface area contributed by atoms with E-state index in [4.69, 9.17) is 5.11 Å². The molecule has 1 N–H and O–H groups in total. The van der Waals surface area contributed by atoms with Crippen LogP contribution in [-0.4, -0.2) is 20.6 Å². The van der Waals surface area contributed by atoms with E-state index in [1.54, 1.807) is 24.4 Å². The number of aromatic nitrogens is 2. The van der Waals surface area contributed by atoms with Crippen molar-refractivity contribution in [1.29, 1.82) is 0 Å². The molecule has 2 heterocycles. The molecule has 0 spiro atoms. The van der Waals surface area contributed by atoms with E-state index >= 15 is 0 Å². The quantitative estimate of drug-likeness (QED) is 0.907. The third-order valence-electron chi connectivity index (χ3n) is 2.94. The van der Waals surface area contributed by atoms with Gasteiger partial charge in [0.25, 0.3) is 0 Å². The van der Waals surface area contributed by atoms with Crippen LogP contribution in [0.3, 0.4) is 0 Å². The summed E-state index contributed by atoms with van der Waals surface area (Å²) in [4.78, 5) is 25.9. The number of aromatic carboxylic acids is 1. The summed E-state index contributed by atoms with van der Waals surface area (Å²) < 4.78 is 1.98. The fraction of sp³-hybridized carbons (Fsp3) is 0.214. The van der Waals surface area contributed by atoms with Gasteiger partial charge in [-0.05, 0) is 25.5 Å². The standard InChI is InChI=1S/C14H14N2O3/c1-9-5-12(17)6-10(2)16(9)8-11-3-4-13(14(18)19)15-7-11/h3-7H,8H2,1-2H3,(H,18,19). The van der Waals surface area contributed by atoms with E-state index < -0.39 is 5.97 Å². The van der Waals surface area contributed by atoms with Gasteiger partial charge in [-0.15, -0.1) is 0 Å². The van der Waals surface area contributed by atoms with Gasteiger partial charge in [-0.1, -0.05) is 6.07 Å². The first-order valence-electron chi connectivity index (χ1n) is 5.83. The average Bonchev–Trinajstić information content (AvgIpc) is 2.34. The Kier molecular flexibility index (Phi) is 3.46. The molecule has 0 saturated heterocycles. The summed E-state index contributed by atoms with van der Waals surface area (Å²) in [5.41, 5.74) is 2.64. The first-order chi connectivity index (χ1) is 8.97. The Balaban J connectivity index is 2.31. The fourth-order valence-electron chi connectivity index (χ4n) is 1.96. The van der Waals surface area contributed by atoms with Crippen LogP contribution in [0.4, 0.5) is 0 Å². The fourth-order valence-corrected chi connectivity index (χ4v) is 1.96. The number of pyridine rings is 2. The van der Waals surface area contributed by atoms with Crippen molar-refractivity contribution in [2.75, 3.05) is 0 Å². The minimum absolute atomic E-state index is 0.00870. The van der Waals surface area contributed by atoms with Crippen LogP contribution in [0.5, 0.6) is 0 Å². The zero-order chi connectivity index (χ0) is 14.0. The largest absolute Gasteiger partial charge is 0.477 e. The lowest BCUT2D eigenvalue weighted by Crippen LogP contribution is -2.14. The molecule has 0 bridgehead atoms. The van der Waals surface area contributed by atoms with Crippen LogP contribution < -0.4 is 5.43 Å². The van der Waals surface area contributed by atoms with E-state index in [1.807, 2.05) is 18.4 Å². The summed E-state index contributed by atoms with van der Waals surface area (Å²) >= 11 is 0. The molecule has 19 heavy (non-hydrogen) atoms. The Morgan fingerprint density at radius 1 is 1.26 bits per heavy atom. The van der Waals surface area contributed by atoms with Crippen LogP contribution in [0.1, 0.15) is 27.4 Å². The summed E-state index contributed by atoms with van der Waals surface area (Å²) in [6, 6.07) is 6.36. The number of aryl methyl sites for hydroxylation is 2. The lowest BCUT2D eigenvalue weighted by atomic mass is 10.2. The molecule has 5 heteroatoms. The van der Waals surface area contributed by atoms with Gasteiger partial charge in [-0.25, -0.2) is 9.78 Å². The highest BCUT2D eigenvalue weighted by Gasteiger charge is 2.06. The molecule has 0 aromatic carbocycles. The lowest BCUT2D eigenvalue weighted by molar-refractivity contribution is 0.0690. The van der Waals surface area contributed by atoms with Crippen LogP contribution in [0.2, 0.25) is 0 Å². The van der Waals surface area contributed by atoms with E-state index in [-0.39, 0.29) is 11.1 Å². The molecule has 0 aliphatic carbocycles. The third kappa shape index (κ3) is 2.88. The van der Waals surface area contributed by atoms with E-state index in [0.717, 1.165) is 17.0 Å². The molecular formula is C14H14N2O3. The normalized spacial score (nSPS) is 10.4. The zero-order valence-electron chi connectivity index (χ0n) is 10.8. The van der Waals surface area contributed by atoms with Crippen LogP contribution in [-0.2, 0) is 6.54 Å². The molecular weight excluding hydrogens is 244 g/mol. The Morgan fingerprint density at radius 2 is 1.89 bits per heavy atom. The van der Waals surface area contributed by atoms with Gasteiger partial charge < -0.3 is 9.67 Å². The Hall–Kier alpha value is -2.43. The molecule has 0 aliphatic rings. The molecule has 0 aliphatic heterocycles. The SMILES string of the molecule is Cc1cc(=O)cc(C)n1Cc1ccc(C(=O)O)nc1. The van der Waals surface area contributed by atoms with Crippen molar-refractivity contribution >= 4 is 5.97 Å². The van der Waals surface area contributed by atoms with Crippen molar-refractivity contribution in [3.05, 3.63) is 63.3 Å². The molecule has 0 unspecified atom stereocenters. The highest BCUT2D eigenvalue weighted by molar-refractivity contribution is 5.85. The molecule has 2 aromatic rings. The number of rotatable bonds is 3. The van der Waals surface area contributed by atoms with Gasteiger partial charge in [0, 0.05) is 36.3 Å². The maximum Gasteiger partial charge on any atom is 0.354 e. The molecule has 0 atom stereocenters. The molecule has 0 amide bonds. The minimum Gasteiger partial charge on any atom is -0.477 e. The van der Waals surface area contributed by atoms with E-state index in [2.05, 4.69) is 4.98 Å². The van der Waals surface area contributed by atoms with Gasteiger partial charge in [-0.3, -0.25) is 4.79 Å². The van der Waals surface area contributed by atoms with Gasteiger partial charge in [-0.2, -0.15) is 0 Å². The topological polar surface area (TPSA) is 72.2 Å². The Labute approximate surface area is 110 Å². The summed E-state index contributed by atoms with van der Waals surface area (Å²) in [7, 11) is 0. The molecule has 0 fully saturated rings. The third-order valence-corrected chi connectivity index (χ3v) is 2.94. The number of carboxylic acid groups (broad SMARTS) is 1. The summed E-state index contributed by atoms with van der Waals surface area (Å²) in [5, 5.41) is 8.78. The second kappa shape index (κ2) is 5.06. The number of carboxylic acids is 1. The van der Waals surface area contributed by atoms with E-state index in [1.165, 1.54) is 6.07 Å². The molecule has 2 aromatic heterocycles. The number of nitrogens with zero attached hydrogens (tertiary/aromatic N) is 2. The molecule has 0 saturated carbocycles. The van der Waals surface area contributed by atoms with Crippen molar-refractivity contribution in [3.63, 3.8) is 0 Å². The van der Waals surface area contributed by atoms with Crippen molar-refractivity contribution in [2.24, 2.45) is 0 Å². The molecule has 0 radical (unpaired) electrons. The highest BCUT2D eigenvalue weighted by atomic mass is 16.4. The van der Waals surface area contributed by atoms with Crippen molar-refractivity contribution < 1.29 is 9.90 Å². The second-order valence-electron chi connectivity index (χ2n) is 4.42. The zero-order valence-corrected chi connectivity index (χ0v) is 10.8. The highest BCUT2D eigenvalue weighted by Crippen LogP contribution is 2.08.